The van der Waals surface area contributed by atoms with Gasteiger partial charge in [0.2, 0.25) is 5.91 Å². The van der Waals surface area contributed by atoms with E-state index in [1.165, 1.54) is 17.5 Å². The first-order valence-corrected chi connectivity index (χ1v) is 10.9. The Hall–Kier alpha value is -2.94. The summed E-state index contributed by atoms with van der Waals surface area (Å²) in [4.78, 5) is 38.1. The summed E-state index contributed by atoms with van der Waals surface area (Å²) < 4.78 is 20.6. The average Bonchev–Trinajstić information content (AvgIpc) is 3.14. The number of ether oxygens (including phenoxy) is 1. The highest BCUT2D eigenvalue weighted by Gasteiger charge is 2.38. The Labute approximate surface area is 195 Å². The minimum atomic E-state index is -1.30. The van der Waals surface area contributed by atoms with E-state index in [2.05, 4.69) is 0 Å². The highest BCUT2D eigenvalue weighted by atomic mass is 35.5. The molecule has 1 unspecified atom stereocenters. The highest BCUT2D eigenvalue weighted by Crippen LogP contribution is 2.37. The Morgan fingerprint density at radius 2 is 1.91 bits per heavy atom. The Balaban J connectivity index is 1.70. The molecule has 0 saturated heterocycles. The number of halogens is 3. The summed E-state index contributed by atoms with van der Waals surface area (Å²) in [6.07, 6.45) is -0.834. The van der Waals surface area contributed by atoms with Gasteiger partial charge in [-0.1, -0.05) is 29.3 Å². The highest BCUT2D eigenvalue weighted by molar-refractivity contribution is 7.11. The van der Waals surface area contributed by atoms with Crippen LogP contribution in [-0.2, 0) is 11.2 Å². The summed E-state index contributed by atoms with van der Waals surface area (Å²) in [5.74, 6) is -3.53. The van der Waals surface area contributed by atoms with Crippen LogP contribution in [0.3, 0.4) is 0 Å². The van der Waals surface area contributed by atoms with Crippen LogP contribution in [0.1, 0.15) is 44.2 Å². The number of hydrogen-bond donors (Lipinski definition) is 1. The van der Waals surface area contributed by atoms with Gasteiger partial charge in [-0.2, -0.15) is 0 Å². The Bertz CT molecular complexity index is 1250. The molecule has 1 aromatic heterocycles. The lowest BCUT2D eigenvalue weighted by Crippen LogP contribution is -2.43. The SMILES string of the molecule is CC(Oc1ccc(F)c(N2C(=O)Cc3scc(C(=O)O)c3C2=O)c1)c1c(Cl)cccc1Cl. The second-order valence-electron chi connectivity index (χ2n) is 6.97. The van der Waals surface area contributed by atoms with E-state index in [-0.39, 0.29) is 29.0 Å². The van der Waals surface area contributed by atoms with E-state index < -0.39 is 29.7 Å². The fourth-order valence-electron chi connectivity index (χ4n) is 3.50. The van der Waals surface area contributed by atoms with Crippen molar-refractivity contribution in [2.45, 2.75) is 19.4 Å². The molecular formula is C22H14Cl2FNO5S. The predicted molar refractivity (Wildman–Crippen MR) is 119 cm³/mol. The normalized spacial score (nSPS) is 14.3. The van der Waals surface area contributed by atoms with Crippen LogP contribution in [0.15, 0.2) is 41.8 Å². The van der Waals surface area contributed by atoms with Crippen LogP contribution < -0.4 is 9.64 Å². The van der Waals surface area contributed by atoms with Crippen molar-refractivity contribution in [2.75, 3.05) is 4.90 Å². The van der Waals surface area contributed by atoms with E-state index in [0.29, 0.717) is 25.4 Å². The minimum Gasteiger partial charge on any atom is -0.486 e. The van der Waals surface area contributed by atoms with E-state index >= 15 is 0 Å². The summed E-state index contributed by atoms with van der Waals surface area (Å²) in [6.45, 7) is 1.70. The summed E-state index contributed by atoms with van der Waals surface area (Å²) in [6, 6.07) is 8.62. The molecule has 0 aliphatic carbocycles. The first-order valence-electron chi connectivity index (χ1n) is 9.30. The zero-order valence-electron chi connectivity index (χ0n) is 16.4. The molecule has 2 amide bonds. The molecule has 1 N–H and O–H groups in total. The first kappa shape index (κ1) is 22.3. The number of carboxylic acids is 1. The third kappa shape index (κ3) is 3.85. The lowest BCUT2D eigenvalue weighted by molar-refractivity contribution is -0.117. The zero-order valence-corrected chi connectivity index (χ0v) is 18.7. The lowest BCUT2D eigenvalue weighted by atomic mass is 10.0. The molecule has 2 heterocycles. The maximum Gasteiger partial charge on any atom is 0.337 e. The van der Waals surface area contributed by atoms with Crippen LogP contribution in [0.2, 0.25) is 10.0 Å². The molecule has 6 nitrogen and oxygen atoms in total. The standard InChI is InChI=1S/C22H14Cl2FNO5S/c1-10(19-13(23)3-2-4-14(19)24)31-11-5-6-15(25)16(7-11)26-18(27)8-17-20(21(26)28)12(9-32-17)22(29)30/h2-7,9-10H,8H2,1H3,(H,29,30). The topological polar surface area (TPSA) is 83.9 Å². The summed E-state index contributed by atoms with van der Waals surface area (Å²) in [5.41, 5.74) is -0.129. The van der Waals surface area contributed by atoms with Gasteiger partial charge >= 0.3 is 5.97 Å². The molecule has 0 fully saturated rings. The molecule has 10 heteroatoms. The van der Waals surface area contributed by atoms with Crippen LogP contribution in [0, 0.1) is 5.82 Å². The number of benzene rings is 2. The van der Waals surface area contributed by atoms with E-state index in [1.807, 2.05) is 0 Å². The summed E-state index contributed by atoms with van der Waals surface area (Å²) >= 11 is 13.4. The number of imide groups is 1. The third-order valence-electron chi connectivity index (χ3n) is 4.95. The van der Waals surface area contributed by atoms with Crippen molar-refractivity contribution in [2.24, 2.45) is 0 Å². The number of carbonyl (C=O) groups is 3. The predicted octanol–water partition coefficient (Wildman–Crippen LogP) is 5.76. The Kier molecular flexibility index (Phi) is 5.94. The minimum absolute atomic E-state index is 0.107. The fourth-order valence-corrected chi connectivity index (χ4v) is 5.21. The summed E-state index contributed by atoms with van der Waals surface area (Å²) in [7, 11) is 0. The lowest BCUT2D eigenvalue weighted by Gasteiger charge is -2.26. The molecule has 0 bridgehead atoms. The van der Waals surface area contributed by atoms with E-state index in [0.717, 1.165) is 17.4 Å². The largest absolute Gasteiger partial charge is 0.486 e. The molecule has 164 valence electrons. The molecule has 2 aromatic carbocycles. The van der Waals surface area contributed by atoms with Crippen LogP contribution >= 0.6 is 34.5 Å². The van der Waals surface area contributed by atoms with Crippen molar-refractivity contribution in [3.05, 3.63) is 79.2 Å². The van der Waals surface area contributed by atoms with E-state index in [1.54, 1.807) is 25.1 Å². The van der Waals surface area contributed by atoms with Gasteiger partial charge in [0.05, 0.1) is 23.2 Å². The number of anilines is 1. The third-order valence-corrected chi connectivity index (χ3v) is 6.60. The second kappa shape index (κ2) is 8.54. The van der Waals surface area contributed by atoms with Crippen molar-refractivity contribution in [1.29, 1.82) is 0 Å². The van der Waals surface area contributed by atoms with Gasteiger partial charge in [-0.15, -0.1) is 11.3 Å². The number of aromatic carboxylic acids is 1. The van der Waals surface area contributed by atoms with Gasteiger partial charge in [0.15, 0.2) is 0 Å². The Morgan fingerprint density at radius 1 is 1.22 bits per heavy atom. The number of hydrogen-bond acceptors (Lipinski definition) is 5. The number of nitrogens with zero attached hydrogens (tertiary/aromatic N) is 1. The van der Waals surface area contributed by atoms with Crippen molar-refractivity contribution >= 4 is 58.0 Å². The molecular weight excluding hydrogens is 480 g/mol. The van der Waals surface area contributed by atoms with Crippen molar-refractivity contribution in [3.8, 4) is 5.75 Å². The van der Waals surface area contributed by atoms with Crippen LogP contribution in [0.25, 0.3) is 0 Å². The van der Waals surface area contributed by atoms with Crippen LogP contribution in [0.4, 0.5) is 10.1 Å². The van der Waals surface area contributed by atoms with Gasteiger partial charge in [-0.25, -0.2) is 14.1 Å². The number of amides is 2. The number of carbonyl (C=O) groups excluding carboxylic acids is 2. The second-order valence-corrected chi connectivity index (χ2v) is 8.75. The van der Waals surface area contributed by atoms with Crippen LogP contribution in [0.5, 0.6) is 5.75 Å². The quantitative estimate of drug-likeness (QED) is 0.456. The van der Waals surface area contributed by atoms with Gasteiger partial charge in [0, 0.05) is 31.9 Å². The molecule has 0 saturated carbocycles. The molecule has 4 rings (SSSR count). The Morgan fingerprint density at radius 3 is 2.56 bits per heavy atom. The molecule has 1 aliphatic heterocycles. The number of rotatable bonds is 5. The molecule has 1 aliphatic rings. The average molecular weight is 494 g/mol. The number of thiophene rings is 1. The smallest absolute Gasteiger partial charge is 0.337 e. The first-order chi connectivity index (χ1) is 15.2. The maximum atomic E-state index is 14.7. The molecule has 3 aromatic rings. The van der Waals surface area contributed by atoms with E-state index in [9.17, 15) is 23.9 Å². The summed E-state index contributed by atoms with van der Waals surface area (Å²) in [5, 5.41) is 11.4. The number of carboxylic acid groups (broad SMARTS) is 1. The van der Waals surface area contributed by atoms with Gasteiger partial charge in [-0.05, 0) is 31.2 Å². The van der Waals surface area contributed by atoms with Gasteiger partial charge in [0.25, 0.3) is 5.91 Å². The van der Waals surface area contributed by atoms with Gasteiger partial charge in [-0.3, -0.25) is 9.59 Å². The fraction of sp³-hybridized carbons (Fsp3) is 0.136. The van der Waals surface area contributed by atoms with E-state index in [4.69, 9.17) is 27.9 Å². The monoisotopic (exact) mass is 493 g/mol. The van der Waals surface area contributed by atoms with Crippen molar-refractivity contribution < 1.29 is 28.6 Å². The van der Waals surface area contributed by atoms with Gasteiger partial charge in [0.1, 0.15) is 17.7 Å². The molecule has 32 heavy (non-hydrogen) atoms. The van der Waals surface area contributed by atoms with Crippen molar-refractivity contribution in [1.82, 2.24) is 0 Å². The zero-order chi connectivity index (χ0) is 23.2. The maximum absolute atomic E-state index is 14.7. The molecule has 0 radical (unpaired) electrons. The number of fused-ring (bicyclic) bond motifs is 1. The molecule has 0 spiro atoms. The van der Waals surface area contributed by atoms with Crippen molar-refractivity contribution in [3.63, 3.8) is 0 Å². The molecule has 1 atom stereocenters. The van der Waals surface area contributed by atoms with Gasteiger partial charge < -0.3 is 9.84 Å². The van der Waals surface area contributed by atoms with Crippen LogP contribution in [-0.4, -0.2) is 22.9 Å².